The number of rotatable bonds is 4. The van der Waals surface area contributed by atoms with E-state index in [-0.39, 0.29) is 24.0 Å². The minimum Gasteiger partial charge on any atom is -0.384 e. The first kappa shape index (κ1) is 13.4. The molecule has 1 rings (SSSR count). The maximum absolute atomic E-state index is 11.6. The van der Waals surface area contributed by atoms with Crippen molar-refractivity contribution in [2.45, 2.75) is 6.92 Å². The Morgan fingerprint density at radius 2 is 2.12 bits per heavy atom. The van der Waals surface area contributed by atoms with Gasteiger partial charge in [0.1, 0.15) is 15.7 Å². The van der Waals surface area contributed by atoms with Gasteiger partial charge in [0.25, 0.3) is 5.91 Å². The van der Waals surface area contributed by atoms with E-state index in [1.165, 1.54) is 6.07 Å². The zero-order chi connectivity index (χ0) is 13.1. The van der Waals surface area contributed by atoms with E-state index in [1.807, 2.05) is 0 Å². The zero-order valence-electron chi connectivity index (χ0n) is 9.73. The van der Waals surface area contributed by atoms with Gasteiger partial charge in [-0.15, -0.1) is 0 Å². The van der Waals surface area contributed by atoms with Crippen molar-refractivity contribution < 1.29 is 13.2 Å². The number of nitrogens with two attached hydrogens (primary N) is 1. The number of pyridine rings is 1. The van der Waals surface area contributed by atoms with Crippen LogP contribution in [0.15, 0.2) is 12.1 Å². The molecule has 0 aliphatic heterocycles. The number of hydrogen-bond donors (Lipinski definition) is 2. The topological polar surface area (TPSA) is 102 Å². The molecule has 17 heavy (non-hydrogen) atoms. The summed E-state index contributed by atoms with van der Waals surface area (Å²) in [5.41, 5.74) is 6.52. The van der Waals surface area contributed by atoms with Crippen LogP contribution in [0, 0.1) is 6.92 Å². The predicted molar refractivity (Wildman–Crippen MR) is 65.4 cm³/mol. The summed E-state index contributed by atoms with van der Waals surface area (Å²) in [7, 11) is -3.07. The highest BCUT2D eigenvalue weighted by molar-refractivity contribution is 7.90. The molecule has 1 aromatic rings. The number of carbonyl (C=O) groups excluding carboxylic acids is 1. The van der Waals surface area contributed by atoms with Crippen molar-refractivity contribution in [2.75, 3.05) is 24.3 Å². The lowest BCUT2D eigenvalue weighted by Gasteiger charge is -2.05. The number of nitrogen functional groups attached to an aromatic ring is 1. The van der Waals surface area contributed by atoms with Crippen LogP contribution in [0.3, 0.4) is 0 Å². The second kappa shape index (κ2) is 5.13. The molecule has 0 fully saturated rings. The summed E-state index contributed by atoms with van der Waals surface area (Å²) in [5.74, 6) is -0.178. The first-order chi connectivity index (χ1) is 7.78. The number of anilines is 1. The summed E-state index contributed by atoms with van der Waals surface area (Å²) in [6, 6.07) is 3.04. The molecule has 7 heteroatoms. The van der Waals surface area contributed by atoms with Gasteiger partial charge in [-0.3, -0.25) is 4.79 Å². The second-order valence-electron chi connectivity index (χ2n) is 3.81. The molecule has 0 atom stereocenters. The summed E-state index contributed by atoms with van der Waals surface area (Å²) in [6.07, 6.45) is 1.12. The maximum Gasteiger partial charge on any atom is 0.251 e. The Morgan fingerprint density at radius 3 is 2.65 bits per heavy atom. The SMILES string of the molecule is Cc1cc(C(=O)NCCS(C)(=O)=O)cc(N)n1. The van der Waals surface area contributed by atoms with E-state index in [9.17, 15) is 13.2 Å². The van der Waals surface area contributed by atoms with E-state index in [4.69, 9.17) is 5.73 Å². The van der Waals surface area contributed by atoms with E-state index >= 15 is 0 Å². The number of aryl methyl sites for hydroxylation is 1. The Morgan fingerprint density at radius 1 is 1.47 bits per heavy atom. The van der Waals surface area contributed by atoms with Crippen LogP contribution in [0.5, 0.6) is 0 Å². The third-order valence-electron chi connectivity index (χ3n) is 1.99. The first-order valence-electron chi connectivity index (χ1n) is 4.98. The molecular formula is C10H15N3O3S. The predicted octanol–water partition coefficient (Wildman–Crippen LogP) is -0.253. The minimum absolute atomic E-state index is 0.0823. The second-order valence-corrected chi connectivity index (χ2v) is 6.07. The fourth-order valence-corrected chi connectivity index (χ4v) is 1.75. The normalized spacial score (nSPS) is 11.2. The molecule has 0 aliphatic carbocycles. The smallest absolute Gasteiger partial charge is 0.251 e. The lowest BCUT2D eigenvalue weighted by Crippen LogP contribution is -2.29. The largest absolute Gasteiger partial charge is 0.384 e. The molecule has 0 bridgehead atoms. The maximum atomic E-state index is 11.6. The average molecular weight is 257 g/mol. The number of nitrogens with one attached hydrogen (secondary N) is 1. The molecule has 0 saturated carbocycles. The zero-order valence-corrected chi connectivity index (χ0v) is 10.5. The van der Waals surface area contributed by atoms with Crippen molar-refractivity contribution in [1.82, 2.24) is 10.3 Å². The van der Waals surface area contributed by atoms with Crippen LogP contribution in [-0.2, 0) is 9.84 Å². The molecule has 0 spiro atoms. The van der Waals surface area contributed by atoms with E-state index in [0.29, 0.717) is 11.3 Å². The molecule has 1 amide bonds. The van der Waals surface area contributed by atoms with Crippen molar-refractivity contribution in [1.29, 1.82) is 0 Å². The lowest BCUT2D eigenvalue weighted by molar-refractivity contribution is 0.0956. The van der Waals surface area contributed by atoms with E-state index < -0.39 is 9.84 Å². The highest BCUT2D eigenvalue weighted by Gasteiger charge is 2.08. The molecule has 3 N–H and O–H groups in total. The fourth-order valence-electron chi connectivity index (χ4n) is 1.28. The highest BCUT2D eigenvalue weighted by atomic mass is 32.2. The number of sulfone groups is 1. The number of amides is 1. The van der Waals surface area contributed by atoms with Gasteiger partial charge < -0.3 is 11.1 Å². The van der Waals surface area contributed by atoms with Crippen LogP contribution in [0.2, 0.25) is 0 Å². The fraction of sp³-hybridized carbons (Fsp3) is 0.400. The molecule has 6 nitrogen and oxygen atoms in total. The van der Waals surface area contributed by atoms with Gasteiger partial charge in [0, 0.05) is 24.1 Å². The molecule has 0 saturated heterocycles. The van der Waals surface area contributed by atoms with E-state index in [0.717, 1.165) is 6.26 Å². The average Bonchev–Trinajstić information content (AvgIpc) is 2.13. The van der Waals surface area contributed by atoms with Crippen LogP contribution in [0.25, 0.3) is 0 Å². The van der Waals surface area contributed by atoms with Crippen molar-refractivity contribution in [3.8, 4) is 0 Å². The van der Waals surface area contributed by atoms with Gasteiger partial charge in [0.2, 0.25) is 0 Å². The van der Waals surface area contributed by atoms with Crippen molar-refractivity contribution in [3.63, 3.8) is 0 Å². The van der Waals surface area contributed by atoms with Gasteiger partial charge in [-0.1, -0.05) is 0 Å². The van der Waals surface area contributed by atoms with Gasteiger partial charge >= 0.3 is 0 Å². The van der Waals surface area contributed by atoms with E-state index in [2.05, 4.69) is 10.3 Å². The van der Waals surface area contributed by atoms with Crippen LogP contribution in [0.1, 0.15) is 16.1 Å². The van der Waals surface area contributed by atoms with Gasteiger partial charge in [0.15, 0.2) is 0 Å². The molecule has 94 valence electrons. The third-order valence-corrected chi connectivity index (χ3v) is 2.94. The van der Waals surface area contributed by atoms with Gasteiger partial charge in [0.05, 0.1) is 5.75 Å². The molecule has 0 aliphatic rings. The standard InChI is InChI=1S/C10H15N3O3S/c1-7-5-8(6-9(11)13-7)10(14)12-3-4-17(2,15)16/h5-6H,3-4H2,1-2H3,(H2,11,13)(H,12,14). The third kappa shape index (κ3) is 4.81. The molecular weight excluding hydrogens is 242 g/mol. The van der Waals surface area contributed by atoms with E-state index in [1.54, 1.807) is 13.0 Å². The summed E-state index contributed by atoms with van der Waals surface area (Å²) in [5, 5.41) is 2.51. The summed E-state index contributed by atoms with van der Waals surface area (Å²) in [6.45, 7) is 1.81. The quantitative estimate of drug-likeness (QED) is 0.774. The monoisotopic (exact) mass is 257 g/mol. The van der Waals surface area contributed by atoms with Gasteiger partial charge in [-0.05, 0) is 19.1 Å². The van der Waals surface area contributed by atoms with Crippen LogP contribution in [-0.4, -0.2) is 37.9 Å². The van der Waals surface area contributed by atoms with Gasteiger partial charge in [-0.25, -0.2) is 13.4 Å². The Labute approximate surface area is 100 Å². The molecule has 0 unspecified atom stereocenters. The highest BCUT2D eigenvalue weighted by Crippen LogP contribution is 2.06. The Balaban J connectivity index is 2.64. The number of aromatic nitrogens is 1. The van der Waals surface area contributed by atoms with Crippen LogP contribution < -0.4 is 11.1 Å². The summed E-state index contributed by atoms with van der Waals surface area (Å²) >= 11 is 0. The van der Waals surface area contributed by atoms with Crippen LogP contribution >= 0.6 is 0 Å². The Hall–Kier alpha value is -1.63. The van der Waals surface area contributed by atoms with Crippen molar-refractivity contribution in [3.05, 3.63) is 23.4 Å². The number of nitrogens with zero attached hydrogens (tertiary/aromatic N) is 1. The molecule has 1 aromatic heterocycles. The molecule has 0 aromatic carbocycles. The Bertz CT molecular complexity index is 505. The molecule has 0 radical (unpaired) electrons. The molecule has 1 heterocycles. The number of carbonyl (C=O) groups is 1. The number of hydrogen-bond acceptors (Lipinski definition) is 5. The Kier molecular flexibility index (Phi) is 4.06. The van der Waals surface area contributed by atoms with Crippen molar-refractivity contribution >= 4 is 21.6 Å². The first-order valence-corrected chi connectivity index (χ1v) is 7.04. The van der Waals surface area contributed by atoms with Crippen LogP contribution in [0.4, 0.5) is 5.82 Å². The summed E-state index contributed by atoms with van der Waals surface area (Å²) in [4.78, 5) is 15.6. The minimum atomic E-state index is -3.07. The lowest BCUT2D eigenvalue weighted by atomic mass is 10.2. The van der Waals surface area contributed by atoms with Crippen molar-refractivity contribution in [2.24, 2.45) is 0 Å². The van der Waals surface area contributed by atoms with Gasteiger partial charge in [-0.2, -0.15) is 0 Å². The summed E-state index contributed by atoms with van der Waals surface area (Å²) < 4.78 is 21.8.